The molecule has 3 N–H and O–H groups in total. The van der Waals surface area contributed by atoms with Crippen molar-refractivity contribution in [3.8, 4) is 0 Å². The molecule has 0 saturated carbocycles. The normalized spacial score (nSPS) is 12.4. The van der Waals surface area contributed by atoms with E-state index in [1.54, 1.807) is 0 Å². The molecule has 0 bridgehead atoms. The van der Waals surface area contributed by atoms with Gasteiger partial charge in [0.2, 0.25) is 5.91 Å². The molecule has 0 fully saturated rings. The third kappa shape index (κ3) is 67.9. The van der Waals surface area contributed by atoms with Crippen LogP contribution in [0.1, 0.15) is 444 Å². The van der Waals surface area contributed by atoms with E-state index < -0.39 is 12.1 Å². The minimum Gasteiger partial charge on any atom is -0.466 e. The van der Waals surface area contributed by atoms with Crippen LogP contribution < -0.4 is 5.32 Å². The zero-order valence-electron chi connectivity index (χ0n) is 55.6. The Labute approximate surface area is 508 Å². The summed E-state index contributed by atoms with van der Waals surface area (Å²) in [5, 5.41) is 23.5. The second-order valence-corrected chi connectivity index (χ2v) is 26.4. The highest BCUT2D eigenvalue weighted by Crippen LogP contribution is 2.20. The van der Waals surface area contributed by atoms with Crippen molar-refractivity contribution in [3.05, 3.63) is 0 Å². The first-order valence-electron chi connectivity index (χ1n) is 37.8. The topological polar surface area (TPSA) is 95.9 Å². The Hall–Kier alpha value is -1.14. The molecule has 0 rings (SSSR count). The molecule has 484 valence electrons. The standard InChI is InChI=1S/C75H149NO5/c1-3-5-7-9-11-13-15-17-19-20-21-22-23-25-28-31-34-37-40-43-47-51-55-59-63-67-73(78)72(71-77)76-74(79)68-64-60-56-52-48-44-41-38-35-32-29-26-24-27-30-33-36-39-42-46-50-54-58-62-66-70-81-75(80)69-65-61-57-53-49-45-18-16-14-12-10-8-6-4-2/h72-73,77-78H,3-71H2,1-2H3,(H,76,79). The molecule has 0 heterocycles. The van der Waals surface area contributed by atoms with E-state index in [-0.39, 0.29) is 18.5 Å². The molecule has 1 amide bonds. The molecule has 0 radical (unpaired) electrons. The van der Waals surface area contributed by atoms with Gasteiger partial charge >= 0.3 is 5.97 Å². The third-order valence-electron chi connectivity index (χ3n) is 18.2. The van der Waals surface area contributed by atoms with Crippen LogP contribution >= 0.6 is 0 Å². The van der Waals surface area contributed by atoms with Crippen LogP contribution in [0, 0.1) is 0 Å². The van der Waals surface area contributed by atoms with Crippen molar-refractivity contribution in [2.45, 2.75) is 456 Å². The molecule has 0 aliphatic carbocycles. The van der Waals surface area contributed by atoms with Crippen LogP contribution in [0.5, 0.6) is 0 Å². The third-order valence-corrected chi connectivity index (χ3v) is 18.2. The molecular weight excluding hydrogens is 995 g/mol. The van der Waals surface area contributed by atoms with Gasteiger partial charge in [0.1, 0.15) is 0 Å². The fourth-order valence-corrected chi connectivity index (χ4v) is 12.4. The summed E-state index contributed by atoms with van der Waals surface area (Å²) in [7, 11) is 0. The van der Waals surface area contributed by atoms with Crippen LogP contribution in [0.2, 0.25) is 0 Å². The number of hydrogen-bond donors (Lipinski definition) is 3. The number of carbonyl (C=O) groups excluding carboxylic acids is 2. The van der Waals surface area contributed by atoms with Gasteiger partial charge in [0, 0.05) is 12.8 Å². The minimum absolute atomic E-state index is 0.0204. The van der Waals surface area contributed by atoms with Gasteiger partial charge in [0.25, 0.3) is 0 Å². The molecule has 0 aromatic rings. The van der Waals surface area contributed by atoms with Crippen LogP contribution in [0.4, 0.5) is 0 Å². The zero-order valence-corrected chi connectivity index (χ0v) is 55.6. The van der Waals surface area contributed by atoms with Crippen molar-refractivity contribution in [3.63, 3.8) is 0 Å². The lowest BCUT2D eigenvalue weighted by molar-refractivity contribution is -0.143. The summed E-state index contributed by atoms with van der Waals surface area (Å²) in [6.07, 6.45) is 87.4. The van der Waals surface area contributed by atoms with Crippen LogP contribution in [0.15, 0.2) is 0 Å². The Morgan fingerprint density at radius 2 is 0.506 bits per heavy atom. The summed E-state index contributed by atoms with van der Waals surface area (Å²) in [6.45, 7) is 5.01. The van der Waals surface area contributed by atoms with E-state index in [0.29, 0.717) is 25.9 Å². The van der Waals surface area contributed by atoms with Crippen molar-refractivity contribution >= 4 is 11.9 Å². The highest BCUT2D eigenvalue weighted by atomic mass is 16.5. The lowest BCUT2D eigenvalue weighted by Gasteiger charge is -2.22. The number of aliphatic hydroxyl groups is 2. The number of nitrogens with one attached hydrogen (secondary N) is 1. The van der Waals surface area contributed by atoms with Gasteiger partial charge in [-0.25, -0.2) is 0 Å². The first-order chi connectivity index (χ1) is 40.0. The van der Waals surface area contributed by atoms with Crippen LogP contribution in [0.3, 0.4) is 0 Å². The van der Waals surface area contributed by atoms with E-state index in [1.807, 2.05) is 0 Å². The Morgan fingerprint density at radius 3 is 0.753 bits per heavy atom. The summed E-state index contributed by atoms with van der Waals surface area (Å²) < 4.78 is 5.50. The van der Waals surface area contributed by atoms with Gasteiger partial charge < -0.3 is 20.3 Å². The van der Waals surface area contributed by atoms with Crippen molar-refractivity contribution in [2.75, 3.05) is 13.2 Å². The minimum atomic E-state index is -0.664. The fourth-order valence-electron chi connectivity index (χ4n) is 12.4. The van der Waals surface area contributed by atoms with Gasteiger partial charge in [-0.3, -0.25) is 9.59 Å². The molecule has 0 aromatic heterocycles. The number of carbonyl (C=O) groups is 2. The summed E-state index contributed by atoms with van der Waals surface area (Å²) in [5.41, 5.74) is 0. The Morgan fingerprint density at radius 1 is 0.296 bits per heavy atom. The van der Waals surface area contributed by atoms with Crippen molar-refractivity contribution in [1.82, 2.24) is 5.32 Å². The second kappa shape index (κ2) is 71.3. The van der Waals surface area contributed by atoms with Crippen molar-refractivity contribution in [2.24, 2.45) is 0 Å². The van der Waals surface area contributed by atoms with Gasteiger partial charge in [-0.2, -0.15) is 0 Å². The molecule has 0 aliphatic rings. The Kier molecular flexibility index (Phi) is 70.3. The van der Waals surface area contributed by atoms with Crippen molar-refractivity contribution < 1.29 is 24.5 Å². The molecule has 0 aliphatic heterocycles. The fraction of sp³-hybridized carbons (Fsp3) is 0.973. The maximum Gasteiger partial charge on any atom is 0.305 e. The number of rotatable bonds is 72. The number of esters is 1. The van der Waals surface area contributed by atoms with Crippen LogP contribution in [-0.2, 0) is 14.3 Å². The first kappa shape index (κ1) is 79.9. The predicted octanol–water partition coefficient (Wildman–Crippen LogP) is 24.5. The highest BCUT2D eigenvalue weighted by molar-refractivity contribution is 5.76. The summed E-state index contributed by atoms with van der Waals surface area (Å²) >= 11 is 0. The quantitative estimate of drug-likeness (QED) is 0.0417. The van der Waals surface area contributed by atoms with E-state index in [2.05, 4.69) is 19.2 Å². The Bertz CT molecular complexity index is 1180. The molecule has 2 unspecified atom stereocenters. The molecule has 6 heteroatoms. The summed E-state index contributed by atoms with van der Waals surface area (Å²) in [6, 6.07) is -0.541. The molecule has 0 aromatic carbocycles. The SMILES string of the molecule is CCCCCCCCCCCCCCCCCCCCCCCCCCCC(O)C(CO)NC(=O)CCCCCCCCCCCCCCCCCCCCCCCCCCCOC(=O)CCCCCCCCCCCCCCCC. The van der Waals surface area contributed by atoms with Gasteiger partial charge in [-0.05, 0) is 25.7 Å². The molecule has 6 nitrogen and oxygen atoms in total. The summed E-state index contributed by atoms with van der Waals surface area (Å²) in [4.78, 5) is 24.6. The van der Waals surface area contributed by atoms with Gasteiger partial charge in [-0.1, -0.05) is 406 Å². The predicted molar refractivity (Wildman–Crippen MR) is 357 cm³/mol. The van der Waals surface area contributed by atoms with E-state index in [4.69, 9.17) is 4.74 Å². The van der Waals surface area contributed by atoms with E-state index >= 15 is 0 Å². The molecule has 0 saturated heterocycles. The Balaban J connectivity index is 3.35. The van der Waals surface area contributed by atoms with Gasteiger partial charge in [-0.15, -0.1) is 0 Å². The maximum absolute atomic E-state index is 12.6. The number of hydrogen-bond acceptors (Lipinski definition) is 5. The number of amides is 1. The molecule has 2 atom stereocenters. The van der Waals surface area contributed by atoms with Crippen molar-refractivity contribution in [1.29, 1.82) is 0 Å². The van der Waals surface area contributed by atoms with Crippen LogP contribution in [0.25, 0.3) is 0 Å². The van der Waals surface area contributed by atoms with E-state index in [1.165, 1.54) is 372 Å². The average molecular weight is 1150 g/mol. The number of unbranched alkanes of at least 4 members (excludes halogenated alkanes) is 61. The first-order valence-corrected chi connectivity index (χ1v) is 37.8. The number of ether oxygens (including phenoxy) is 1. The number of aliphatic hydroxyl groups excluding tert-OH is 2. The second-order valence-electron chi connectivity index (χ2n) is 26.4. The monoisotopic (exact) mass is 1140 g/mol. The average Bonchev–Trinajstić information content (AvgIpc) is 3.47. The maximum atomic E-state index is 12.6. The molecular formula is C75H149NO5. The molecule has 0 spiro atoms. The van der Waals surface area contributed by atoms with E-state index in [9.17, 15) is 19.8 Å². The lowest BCUT2D eigenvalue weighted by atomic mass is 10.0. The smallest absolute Gasteiger partial charge is 0.305 e. The summed E-state index contributed by atoms with van der Waals surface area (Å²) in [5.74, 6) is -0.00639. The van der Waals surface area contributed by atoms with Gasteiger partial charge in [0.05, 0.1) is 25.4 Å². The van der Waals surface area contributed by atoms with Crippen LogP contribution in [-0.4, -0.2) is 47.4 Å². The lowest BCUT2D eigenvalue weighted by Crippen LogP contribution is -2.45. The largest absolute Gasteiger partial charge is 0.466 e. The van der Waals surface area contributed by atoms with Gasteiger partial charge in [0.15, 0.2) is 0 Å². The highest BCUT2D eigenvalue weighted by Gasteiger charge is 2.20. The zero-order chi connectivity index (χ0) is 58.5. The molecule has 81 heavy (non-hydrogen) atoms. The van der Waals surface area contributed by atoms with E-state index in [0.717, 1.165) is 38.5 Å².